The number of imidazole rings is 1. The lowest BCUT2D eigenvalue weighted by Crippen LogP contribution is -2.04. The van der Waals surface area contributed by atoms with Crippen molar-refractivity contribution in [2.75, 3.05) is 5.32 Å². The third-order valence-corrected chi connectivity index (χ3v) is 2.56. The molecule has 0 bridgehead atoms. The molecule has 0 saturated carbocycles. The van der Waals surface area contributed by atoms with E-state index in [1.807, 2.05) is 29.9 Å². The van der Waals surface area contributed by atoms with Gasteiger partial charge in [0.15, 0.2) is 0 Å². The van der Waals surface area contributed by atoms with Crippen molar-refractivity contribution in [3.63, 3.8) is 0 Å². The topological polar surface area (TPSA) is 42.7 Å². The minimum Gasteiger partial charge on any atom is -0.364 e. The van der Waals surface area contributed by atoms with Gasteiger partial charge in [-0.15, -0.1) is 0 Å². The SMILES string of the molecule is Cn1cncc1CNc1ccc(Br)cn1. The highest BCUT2D eigenvalue weighted by Gasteiger charge is 1.98. The summed E-state index contributed by atoms with van der Waals surface area (Å²) < 4.78 is 2.96. The zero-order valence-electron chi connectivity index (χ0n) is 8.31. The Morgan fingerprint density at radius 2 is 2.27 bits per heavy atom. The van der Waals surface area contributed by atoms with Crippen molar-refractivity contribution in [1.29, 1.82) is 0 Å². The van der Waals surface area contributed by atoms with E-state index in [0.29, 0.717) is 0 Å². The van der Waals surface area contributed by atoms with Crippen LogP contribution in [0.5, 0.6) is 0 Å². The number of hydrogen-bond acceptors (Lipinski definition) is 3. The summed E-state index contributed by atoms with van der Waals surface area (Å²) in [5.74, 6) is 0.861. The van der Waals surface area contributed by atoms with Crippen LogP contribution in [0.15, 0.2) is 35.3 Å². The van der Waals surface area contributed by atoms with E-state index in [2.05, 4.69) is 31.2 Å². The first-order chi connectivity index (χ1) is 7.25. The quantitative estimate of drug-likeness (QED) is 0.926. The van der Waals surface area contributed by atoms with Crippen molar-refractivity contribution in [2.24, 2.45) is 7.05 Å². The summed E-state index contributed by atoms with van der Waals surface area (Å²) in [7, 11) is 1.97. The molecule has 0 amide bonds. The Bertz CT molecular complexity index is 435. The Morgan fingerprint density at radius 3 is 2.87 bits per heavy atom. The molecule has 4 nitrogen and oxygen atoms in total. The Balaban J connectivity index is 1.99. The van der Waals surface area contributed by atoms with E-state index in [9.17, 15) is 0 Å². The second-order valence-electron chi connectivity index (χ2n) is 3.21. The lowest BCUT2D eigenvalue weighted by molar-refractivity contribution is 0.835. The molecule has 0 spiro atoms. The fraction of sp³-hybridized carbons (Fsp3) is 0.200. The van der Waals surface area contributed by atoms with Gasteiger partial charge in [-0.2, -0.15) is 0 Å². The highest BCUT2D eigenvalue weighted by Crippen LogP contribution is 2.11. The van der Waals surface area contributed by atoms with E-state index in [-0.39, 0.29) is 0 Å². The largest absolute Gasteiger partial charge is 0.364 e. The van der Waals surface area contributed by atoms with E-state index in [0.717, 1.165) is 22.5 Å². The normalized spacial score (nSPS) is 10.3. The van der Waals surface area contributed by atoms with Gasteiger partial charge in [0.1, 0.15) is 5.82 Å². The van der Waals surface area contributed by atoms with Crippen LogP contribution in [-0.4, -0.2) is 14.5 Å². The average molecular weight is 267 g/mol. The Hall–Kier alpha value is -1.36. The van der Waals surface area contributed by atoms with Crippen molar-refractivity contribution in [1.82, 2.24) is 14.5 Å². The van der Waals surface area contributed by atoms with Gasteiger partial charge in [-0.3, -0.25) is 0 Å². The van der Waals surface area contributed by atoms with Crippen molar-refractivity contribution in [2.45, 2.75) is 6.54 Å². The third kappa shape index (κ3) is 2.56. The van der Waals surface area contributed by atoms with Gasteiger partial charge in [0.25, 0.3) is 0 Å². The molecule has 2 heterocycles. The molecule has 2 rings (SSSR count). The molecule has 0 aromatic carbocycles. The Morgan fingerprint density at radius 1 is 1.40 bits per heavy atom. The summed E-state index contributed by atoms with van der Waals surface area (Å²) in [5.41, 5.74) is 1.12. The van der Waals surface area contributed by atoms with Gasteiger partial charge in [0, 0.05) is 23.9 Å². The average Bonchev–Trinajstić information content (AvgIpc) is 2.63. The molecule has 1 N–H and O–H groups in total. The van der Waals surface area contributed by atoms with Crippen molar-refractivity contribution in [3.8, 4) is 0 Å². The lowest BCUT2D eigenvalue weighted by Gasteiger charge is -2.05. The van der Waals surface area contributed by atoms with Crippen LogP contribution in [0.1, 0.15) is 5.69 Å². The van der Waals surface area contributed by atoms with Crippen LogP contribution >= 0.6 is 15.9 Å². The van der Waals surface area contributed by atoms with Crippen LogP contribution in [0, 0.1) is 0 Å². The maximum atomic E-state index is 4.22. The fourth-order valence-corrected chi connectivity index (χ4v) is 1.45. The molecule has 0 radical (unpaired) electrons. The van der Waals surface area contributed by atoms with E-state index in [1.165, 1.54) is 0 Å². The van der Waals surface area contributed by atoms with Crippen LogP contribution < -0.4 is 5.32 Å². The molecule has 0 aliphatic heterocycles. The number of hydrogen-bond donors (Lipinski definition) is 1. The summed E-state index contributed by atoms with van der Waals surface area (Å²) in [6.07, 6.45) is 5.39. The summed E-state index contributed by atoms with van der Waals surface area (Å²) in [5, 5.41) is 3.22. The first-order valence-electron chi connectivity index (χ1n) is 4.56. The van der Waals surface area contributed by atoms with Crippen molar-refractivity contribution < 1.29 is 0 Å². The number of pyridine rings is 1. The molecule has 0 saturated heterocycles. The number of rotatable bonds is 3. The molecule has 78 valence electrons. The van der Waals surface area contributed by atoms with Crippen molar-refractivity contribution >= 4 is 21.7 Å². The molecule has 0 aliphatic carbocycles. The summed E-state index contributed by atoms with van der Waals surface area (Å²) in [6, 6.07) is 3.89. The van der Waals surface area contributed by atoms with Gasteiger partial charge < -0.3 is 9.88 Å². The Labute approximate surface area is 96.5 Å². The Kier molecular flexibility index (Phi) is 3.01. The van der Waals surface area contributed by atoms with Gasteiger partial charge in [-0.05, 0) is 28.1 Å². The molecule has 2 aromatic rings. The highest BCUT2D eigenvalue weighted by molar-refractivity contribution is 9.10. The number of aromatic nitrogens is 3. The molecule has 2 aromatic heterocycles. The number of nitrogens with one attached hydrogen (secondary N) is 1. The minimum atomic E-state index is 0.727. The minimum absolute atomic E-state index is 0.727. The predicted octanol–water partition coefficient (Wildman–Crippen LogP) is 2.19. The lowest BCUT2D eigenvalue weighted by atomic mass is 10.4. The van der Waals surface area contributed by atoms with Crippen LogP contribution in [-0.2, 0) is 13.6 Å². The zero-order chi connectivity index (χ0) is 10.7. The van der Waals surface area contributed by atoms with Gasteiger partial charge in [-0.1, -0.05) is 0 Å². The molecule has 15 heavy (non-hydrogen) atoms. The van der Waals surface area contributed by atoms with Gasteiger partial charge in [0.05, 0.1) is 18.6 Å². The number of aryl methyl sites for hydroxylation is 1. The standard InChI is InChI=1S/C10H11BrN4/c1-15-7-12-5-9(15)6-14-10-3-2-8(11)4-13-10/h2-5,7H,6H2,1H3,(H,13,14). The van der Waals surface area contributed by atoms with Crippen LogP contribution in [0.2, 0.25) is 0 Å². The maximum absolute atomic E-state index is 4.22. The summed E-state index contributed by atoms with van der Waals surface area (Å²) in [4.78, 5) is 8.26. The molecule has 0 aliphatic rings. The van der Waals surface area contributed by atoms with Gasteiger partial charge in [0.2, 0.25) is 0 Å². The number of halogens is 1. The predicted molar refractivity (Wildman–Crippen MR) is 62.5 cm³/mol. The van der Waals surface area contributed by atoms with Crippen LogP contribution in [0.4, 0.5) is 5.82 Å². The van der Waals surface area contributed by atoms with E-state index in [4.69, 9.17) is 0 Å². The molecule has 0 fully saturated rings. The van der Waals surface area contributed by atoms with Gasteiger partial charge >= 0.3 is 0 Å². The summed E-state index contributed by atoms with van der Waals surface area (Å²) >= 11 is 3.34. The number of anilines is 1. The van der Waals surface area contributed by atoms with Gasteiger partial charge in [-0.25, -0.2) is 9.97 Å². The first kappa shape index (κ1) is 10.2. The molecule has 5 heteroatoms. The second kappa shape index (κ2) is 4.44. The maximum Gasteiger partial charge on any atom is 0.126 e. The van der Waals surface area contributed by atoms with E-state index >= 15 is 0 Å². The molecular formula is C10H11BrN4. The van der Waals surface area contributed by atoms with E-state index < -0.39 is 0 Å². The van der Waals surface area contributed by atoms with Crippen molar-refractivity contribution in [3.05, 3.63) is 41.0 Å². The highest BCUT2D eigenvalue weighted by atomic mass is 79.9. The smallest absolute Gasteiger partial charge is 0.126 e. The summed E-state index contributed by atoms with van der Waals surface area (Å²) in [6.45, 7) is 0.727. The third-order valence-electron chi connectivity index (χ3n) is 2.09. The van der Waals surface area contributed by atoms with Crippen LogP contribution in [0.3, 0.4) is 0 Å². The second-order valence-corrected chi connectivity index (χ2v) is 4.13. The monoisotopic (exact) mass is 266 g/mol. The first-order valence-corrected chi connectivity index (χ1v) is 5.35. The molecular weight excluding hydrogens is 256 g/mol. The number of nitrogens with zero attached hydrogens (tertiary/aromatic N) is 3. The molecule has 0 atom stereocenters. The molecule has 0 unspecified atom stereocenters. The zero-order valence-corrected chi connectivity index (χ0v) is 9.90. The van der Waals surface area contributed by atoms with Crippen LogP contribution in [0.25, 0.3) is 0 Å². The van der Waals surface area contributed by atoms with E-state index in [1.54, 1.807) is 12.5 Å². The fourth-order valence-electron chi connectivity index (χ4n) is 1.22.